The first-order valence-electron chi connectivity index (χ1n) is 10.3. The van der Waals surface area contributed by atoms with Crippen molar-refractivity contribution < 1.29 is 9.59 Å². The lowest BCUT2D eigenvalue weighted by Crippen LogP contribution is -2.33. The molecule has 0 atom stereocenters. The Morgan fingerprint density at radius 3 is 2.65 bits per heavy atom. The van der Waals surface area contributed by atoms with Crippen LogP contribution >= 0.6 is 11.6 Å². The second-order valence-corrected chi connectivity index (χ2v) is 7.93. The van der Waals surface area contributed by atoms with E-state index in [0.717, 1.165) is 31.4 Å². The molecule has 0 unspecified atom stereocenters. The lowest BCUT2D eigenvalue weighted by atomic mass is 10.1. The summed E-state index contributed by atoms with van der Waals surface area (Å²) in [6, 6.07) is 14.5. The quantitative estimate of drug-likeness (QED) is 0.515. The zero-order chi connectivity index (χ0) is 21.6. The molecule has 1 aliphatic carbocycles. The average molecular weight is 438 g/mol. The molecular formula is C23H24ClN5O2. The zero-order valence-electron chi connectivity index (χ0n) is 17.0. The third-order valence-electron chi connectivity index (χ3n) is 5.29. The van der Waals surface area contributed by atoms with Gasteiger partial charge in [0, 0.05) is 24.1 Å². The highest BCUT2D eigenvalue weighted by atomic mass is 35.5. The molecule has 1 saturated carbocycles. The summed E-state index contributed by atoms with van der Waals surface area (Å²) in [6.07, 6.45) is 7.78. The van der Waals surface area contributed by atoms with Crippen LogP contribution in [0.2, 0.25) is 5.02 Å². The summed E-state index contributed by atoms with van der Waals surface area (Å²) in [6.45, 7) is 0.0377. The average Bonchev–Trinajstić information content (AvgIpc) is 3.47. The molecule has 1 heterocycles. The summed E-state index contributed by atoms with van der Waals surface area (Å²) in [5.74, 6) is -0.412. The minimum Gasteiger partial charge on any atom is -0.376 e. The van der Waals surface area contributed by atoms with E-state index in [-0.39, 0.29) is 24.4 Å². The molecule has 3 N–H and O–H groups in total. The number of aromatic nitrogens is 2. The molecule has 0 bridgehead atoms. The van der Waals surface area contributed by atoms with Gasteiger partial charge in [-0.05, 0) is 49.2 Å². The summed E-state index contributed by atoms with van der Waals surface area (Å²) in [5, 5.41) is 13.6. The van der Waals surface area contributed by atoms with Crippen molar-refractivity contribution in [2.45, 2.75) is 31.7 Å². The standard InChI is InChI=1S/C23H24ClN5O2/c24-19-14-17(10-11-21(19)29-13-5-12-26-29)25-15-22(30)28-20-9-4-3-8-18(20)23(31)27-16-6-1-2-7-16/h3-5,8-14,16,25H,1-2,6-7,15H2,(H,27,31)(H,28,30). The van der Waals surface area contributed by atoms with Gasteiger partial charge in [-0.3, -0.25) is 9.59 Å². The van der Waals surface area contributed by atoms with Crippen LogP contribution in [0.25, 0.3) is 5.69 Å². The summed E-state index contributed by atoms with van der Waals surface area (Å²) in [5.41, 5.74) is 2.43. The van der Waals surface area contributed by atoms with E-state index in [1.54, 1.807) is 41.2 Å². The van der Waals surface area contributed by atoms with Gasteiger partial charge in [0.25, 0.3) is 5.91 Å². The molecule has 7 nitrogen and oxygen atoms in total. The van der Waals surface area contributed by atoms with Crippen LogP contribution in [0.4, 0.5) is 11.4 Å². The Bertz CT molecular complexity index is 1060. The topological polar surface area (TPSA) is 88.1 Å². The monoisotopic (exact) mass is 437 g/mol. The van der Waals surface area contributed by atoms with Crippen molar-refractivity contribution in [3.63, 3.8) is 0 Å². The number of nitrogens with zero attached hydrogens (tertiary/aromatic N) is 2. The number of hydrogen-bond acceptors (Lipinski definition) is 4. The molecule has 0 saturated heterocycles. The molecule has 2 amide bonds. The van der Waals surface area contributed by atoms with Gasteiger partial charge in [0.15, 0.2) is 0 Å². The number of para-hydroxylation sites is 1. The predicted octanol–water partition coefficient (Wildman–Crippen LogP) is 4.25. The van der Waals surface area contributed by atoms with E-state index in [2.05, 4.69) is 21.0 Å². The minimum atomic E-state index is -0.256. The molecule has 8 heteroatoms. The summed E-state index contributed by atoms with van der Waals surface area (Å²) in [4.78, 5) is 25.1. The molecule has 0 aliphatic heterocycles. The fourth-order valence-electron chi connectivity index (χ4n) is 3.71. The van der Waals surface area contributed by atoms with Crippen LogP contribution in [0.5, 0.6) is 0 Å². The summed E-state index contributed by atoms with van der Waals surface area (Å²) < 4.78 is 1.67. The highest BCUT2D eigenvalue weighted by molar-refractivity contribution is 6.32. The molecule has 1 aromatic heterocycles. The molecule has 2 aromatic carbocycles. The van der Waals surface area contributed by atoms with Crippen LogP contribution in [0.3, 0.4) is 0 Å². The van der Waals surface area contributed by atoms with E-state index < -0.39 is 0 Å². The van der Waals surface area contributed by atoms with Crippen LogP contribution in [-0.2, 0) is 4.79 Å². The molecule has 3 aromatic rings. The summed E-state index contributed by atoms with van der Waals surface area (Å²) >= 11 is 6.35. The number of anilines is 2. The Labute approximate surface area is 185 Å². The smallest absolute Gasteiger partial charge is 0.253 e. The molecule has 0 radical (unpaired) electrons. The minimum absolute atomic E-state index is 0.0377. The lowest BCUT2D eigenvalue weighted by molar-refractivity contribution is -0.114. The highest BCUT2D eigenvalue weighted by Gasteiger charge is 2.20. The number of nitrogens with one attached hydrogen (secondary N) is 3. The van der Waals surface area contributed by atoms with E-state index in [9.17, 15) is 9.59 Å². The number of rotatable bonds is 7. The van der Waals surface area contributed by atoms with E-state index in [1.165, 1.54) is 0 Å². The molecule has 1 fully saturated rings. The second-order valence-electron chi connectivity index (χ2n) is 7.52. The number of carbonyl (C=O) groups is 2. The molecular weight excluding hydrogens is 414 g/mol. The van der Waals surface area contributed by atoms with Gasteiger partial charge in [0.2, 0.25) is 5.91 Å². The number of halogens is 1. The van der Waals surface area contributed by atoms with Crippen molar-refractivity contribution >= 4 is 34.8 Å². The van der Waals surface area contributed by atoms with Gasteiger partial charge in [-0.2, -0.15) is 5.10 Å². The predicted molar refractivity (Wildman–Crippen MR) is 122 cm³/mol. The van der Waals surface area contributed by atoms with Crippen molar-refractivity contribution in [1.29, 1.82) is 0 Å². The van der Waals surface area contributed by atoms with Crippen LogP contribution in [0.15, 0.2) is 60.9 Å². The Kier molecular flexibility index (Phi) is 6.52. The van der Waals surface area contributed by atoms with Crippen LogP contribution in [0, 0.1) is 0 Å². The van der Waals surface area contributed by atoms with Crippen LogP contribution in [-0.4, -0.2) is 34.2 Å². The van der Waals surface area contributed by atoms with Gasteiger partial charge in [0.05, 0.1) is 28.5 Å². The number of amides is 2. The van der Waals surface area contributed by atoms with Gasteiger partial charge in [-0.25, -0.2) is 4.68 Å². The van der Waals surface area contributed by atoms with Crippen LogP contribution < -0.4 is 16.0 Å². The SMILES string of the molecule is O=C(CNc1ccc(-n2cccn2)c(Cl)c1)Nc1ccccc1C(=O)NC1CCCC1. The number of carbonyl (C=O) groups excluding carboxylic acids is 2. The first kappa shape index (κ1) is 20.9. The van der Waals surface area contributed by atoms with E-state index in [0.29, 0.717) is 22.0 Å². The van der Waals surface area contributed by atoms with Crippen molar-refractivity contribution in [2.75, 3.05) is 17.2 Å². The van der Waals surface area contributed by atoms with Crippen molar-refractivity contribution in [3.05, 3.63) is 71.5 Å². The van der Waals surface area contributed by atoms with Crippen molar-refractivity contribution in [2.24, 2.45) is 0 Å². The first-order chi connectivity index (χ1) is 15.1. The first-order valence-corrected chi connectivity index (χ1v) is 10.7. The highest BCUT2D eigenvalue weighted by Crippen LogP contribution is 2.24. The van der Waals surface area contributed by atoms with Crippen LogP contribution in [0.1, 0.15) is 36.0 Å². The molecule has 31 heavy (non-hydrogen) atoms. The van der Waals surface area contributed by atoms with Gasteiger partial charge >= 0.3 is 0 Å². The Morgan fingerprint density at radius 2 is 1.90 bits per heavy atom. The molecule has 1 aliphatic rings. The van der Waals surface area contributed by atoms with E-state index in [1.807, 2.05) is 24.4 Å². The lowest BCUT2D eigenvalue weighted by Gasteiger charge is -2.15. The molecule has 160 valence electrons. The maximum Gasteiger partial charge on any atom is 0.253 e. The maximum absolute atomic E-state index is 12.6. The fourth-order valence-corrected chi connectivity index (χ4v) is 3.98. The van der Waals surface area contributed by atoms with Crippen molar-refractivity contribution in [3.8, 4) is 5.69 Å². The van der Waals surface area contributed by atoms with Gasteiger partial charge in [-0.15, -0.1) is 0 Å². The largest absolute Gasteiger partial charge is 0.376 e. The van der Waals surface area contributed by atoms with Gasteiger partial charge in [-0.1, -0.05) is 36.6 Å². The molecule has 4 rings (SSSR count). The summed E-state index contributed by atoms with van der Waals surface area (Å²) in [7, 11) is 0. The normalized spacial score (nSPS) is 13.7. The Hall–Kier alpha value is -3.32. The van der Waals surface area contributed by atoms with Gasteiger partial charge in [0.1, 0.15) is 0 Å². The van der Waals surface area contributed by atoms with E-state index >= 15 is 0 Å². The zero-order valence-corrected chi connectivity index (χ0v) is 17.7. The maximum atomic E-state index is 12.6. The third kappa shape index (κ3) is 5.24. The van der Waals surface area contributed by atoms with Crippen molar-refractivity contribution in [1.82, 2.24) is 15.1 Å². The molecule has 0 spiro atoms. The Balaban J connectivity index is 1.36. The third-order valence-corrected chi connectivity index (χ3v) is 5.59. The van der Waals surface area contributed by atoms with Gasteiger partial charge < -0.3 is 16.0 Å². The number of hydrogen-bond donors (Lipinski definition) is 3. The number of benzene rings is 2. The van der Waals surface area contributed by atoms with E-state index in [4.69, 9.17) is 11.6 Å². The second kappa shape index (κ2) is 9.66. The Morgan fingerprint density at radius 1 is 1.10 bits per heavy atom. The fraction of sp³-hybridized carbons (Fsp3) is 0.261.